The predicted octanol–water partition coefficient (Wildman–Crippen LogP) is 2.50. The monoisotopic (exact) mass is 376 g/mol. The number of benzene rings is 1. The number of ether oxygens (including phenoxy) is 1. The second-order valence-electron chi connectivity index (χ2n) is 7.80. The molecule has 0 heterocycles. The second-order valence-corrected chi connectivity index (χ2v) is 7.80. The molecule has 2 fully saturated rings. The van der Waals surface area contributed by atoms with Gasteiger partial charge in [0.1, 0.15) is 12.4 Å². The summed E-state index contributed by atoms with van der Waals surface area (Å²) in [5.74, 6) is 0.538. The molecule has 4 N–H and O–H groups in total. The molecule has 6 nitrogen and oxygen atoms in total. The summed E-state index contributed by atoms with van der Waals surface area (Å²) in [6.45, 7) is 0.201. The quantitative estimate of drug-likeness (QED) is 0.410. The number of aliphatic hydroxyl groups excluding tert-OH is 2. The van der Waals surface area contributed by atoms with Crippen molar-refractivity contribution in [1.29, 1.82) is 0 Å². The third-order valence-electron chi connectivity index (χ3n) is 5.95. The third-order valence-corrected chi connectivity index (χ3v) is 5.95. The van der Waals surface area contributed by atoms with Crippen molar-refractivity contribution >= 4 is 5.97 Å². The van der Waals surface area contributed by atoms with Crippen LogP contribution in [0.3, 0.4) is 0 Å². The summed E-state index contributed by atoms with van der Waals surface area (Å²) in [5.41, 5.74) is 0.621. The van der Waals surface area contributed by atoms with Gasteiger partial charge in [-0.1, -0.05) is 24.3 Å². The predicted molar refractivity (Wildman–Crippen MR) is 99.1 cm³/mol. The molecule has 2 unspecified atom stereocenters. The normalized spacial score (nSPS) is 31.3. The molecule has 0 aromatic heterocycles. The average molecular weight is 376 g/mol. The number of rotatable bonds is 8. The van der Waals surface area contributed by atoms with Crippen LogP contribution in [-0.4, -0.2) is 45.7 Å². The summed E-state index contributed by atoms with van der Waals surface area (Å²) < 4.78 is 5.15. The summed E-state index contributed by atoms with van der Waals surface area (Å²) in [6.07, 6.45) is 6.07. The maximum atomic E-state index is 10.5. The fraction of sp³-hybridized carbons (Fsp3) is 0.571. The van der Waals surface area contributed by atoms with E-state index in [1.165, 1.54) is 6.07 Å². The number of aliphatic carboxylic acids is 1. The van der Waals surface area contributed by atoms with Crippen molar-refractivity contribution in [2.45, 2.75) is 37.9 Å². The minimum absolute atomic E-state index is 0.0203. The zero-order valence-electron chi connectivity index (χ0n) is 15.3. The van der Waals surface area contributed by atoms with Gasteiger partial charge in [-0.3, -0.25) is 0 Å². The van der Waals surface area contributed by atoms with Gasteiger partial charge in [0.05, 0.1) is 12.2 Å². The van der Waals surface area contributed by atoms with Gasteiger partial charge in [0.2, 0.25) is 0 Å². The largest absolute Gasteiger partial charge is 0.508 e. The fourth-order valence-electron chi connectivity index (χ4n) is 4.74. The summed E-state index contributed by atoms with van der Waals surface area (Å²) in [6, 6.07) is 6.54. The minimum Gasteiger partial charge on any atom is -0.508 e. The molecule has 0 spiro atoms. The molecule has 2 aliphatic rings. The highest BCUT2D eigenvalue weighted by molar-refractivity contribution is 5.67. The Morgan fingerprint density at radius 3 is 2.85 bits per heavy atom. The molecule has 0 saturated heterocycles. The standard InChI is InChI=1S/C21H28O6/c22-16-3-1-2-14(10-16)19(23)5-4-17-18-9-13(6-7-27-12-21(25)26)8-15(18)11-20(17)24/h1-5,10,13,15,17-20,22-24H,6-9,11-12H2,(H,25,26)/t13?,15-,17+,18+,19?,20+/m0/s1. The van der Waals surface area contributed by atoms with Crippen molar-refractivity contribution in [2.24, 2.45) is 23.7 Å². The van der Waals surface area contributed by atoms with Gasteiger partial charge >= 0.3 is 5.97 Å². The summed E-state index contributed by atoms with van der Waals surface area (Å²) >= 11 is 0. The summed E-state index contributed by atoms with van der Waals surface area (Å²) in [5, 5.41) is 38.9. The smallest absolute Gasteiger partial charge is 0.329 e. The first-order valence-corrected chi connectivity index (χ1v) is 9.57. The first-order chi connectivity index (χ1) is 12.9. The van der Waals surface area contributed by atoms with Crippen molar-refractivity contribution in [3.8, 4) is 5.75 Å². The molecule has 3 rings (SSSR count). The van der Waals surface area contributed by atoms with E-state index in [1.54, 1.807) is 24.3 Å². The third kappa shape index (κ3) is 5.09. The van der Waals surface area contributed by atoms with E-state index >= 15 is 0 Å². The zero-order valence-corrected chi connectivity index (χ0v) is 15.3. The first-order valence-electron chi connectivity index (χ1n) is 9.57. The highest BCUT2D eigenvalue weighted by atomic mass is 16.5. The van der Waals surface area contributed by atoms with Gasteiger partial charge in [-0.2, -0.15) is 0 Å². The number of carboxylic acids is 1. The van der Waals surface area contributed by atoms with Gasteiger partial charge in [-0.05, 0) is 61.1 Å². The molecule has 1 aromatic rings. The number of carboxylic acid groups (broad SMARTS) is 1. The van der Waals surface area contributed by atoms with Crippen LogP contribution in [0, 0.1) is 23.7 Å². The van der Waals surface area contributed by atoms with Gasteiger partial charge < -0.3 is 25.2 Å². The maximum Gasteiger partial charge on any atom is 0.329 e. The Labute approximate surface area is 159 Å². The van der Waals surface area contributed by atoms with E-state index in [2.05, 4.69) is 0 Å². The lowest BCUT2D eigenvalue weighted by Crippen LogP contribution is -2.18. The molecular weight excluding hydrogens is 348 g/mol. The molecule has 6 atom stereocenters. The molecular formula is C21H28O6. The molecule has 2 saturated carbocycles. The van der Waals surface area contributed by atoms with Crippen LogP contribution in [0.1, 0.15) is 37.4 Å². The van der Waals surface area contributed by atoms with Gasteiger partial charge in [0.25, 0.3) is 0 Å². The topological polar surface area (TPSA) is 107 Å². The van der Waals surface area contributed by atoms with E-state index in [4.69, 9.17) is 9.84 Å². The van der Waals surface area contributed by atoms with Crippen molar-refractivity contribution in [3.63, 3.8) is 0 Å². The number of phenols is 1. The Balaban J connectivity index is 1.54. The van der Waals surface area contributed by atoms with Crippen molar-refractivity contribution in [3.05, 3.63) is 42.0 Å². The van der Waals surface area contributed by atoms with Gasteiger partial charge in [0.15, 0.2) is 0 Å². The number of fused-ring (bicyclic) bond motifs is 1. The number of phenolic OH excluding ortho intramolecular Hbond substituents is 1. The maximum absolute atomic E-state index is 10.5. The van der Waals surface area contributed by atoms with E-state index in [1.807, 2.05) is 6.08 Å². The number of aromatic hydroxyl groups is 1. The Kier molecular flexibility index (Phi) is 6.52. The van der Waals surface area contributed by atoms with Crippen LogP contribution < -0.4 is 0 Å². The van der Waals surface area contributed by atoms with Crippen molar-refractivity contribution in [1.82, 2.24) is 0 Å². The lowest BCUT2D eigenvalue weighted by atomic mass is 9.89. The van der Waals surface area contributed by atoms with E-state index in [0.29, 0.717) is 29.9 Å². The van der Waals surface area contributed by atoms with Gasteiger partial charge in [-0.15, -0.1) is 0 Å². The highest BCUT2D eigenvalue weighted by Gasteiger charge is 2.46. The molecule has 27 heavy (non-hydrogen) atoms. The molecule has 0 bridgehead atoms. The number of carbonyl (C=O) groups is 1. The molecule has 0 radical (unpaired) electrons. The first kappa shape index (κ1) is 19.9. The lowest BCUT2D eigenvalue weighted by molar-refractivity contribution is -0.142. The van der Waals surface area contributed by atoms with Gasteiger partial charge in [-0.25, -0.2) is 4.79 Å². The Morgan fingerprint density at radius 1 is 1.30 bits per heavy atom. The second kappa shape index (κ2) is 8.87. The van der Waals surface area contributed by atoms with Crippen molar-refractivity contribution < 1.29 is 30.0 Å². The minimum atomic E-state index is -0.947. The average Bonchev–Trinajstić information content (AvgIpc) is 3.13. The molecule has 0 aliphatic heterocycles. The number of hydrogen-bond donors (Lipinski definition) is 4. The van der Waals surface area contributed by atoms with E-state index in [9.17, 15) is 20.1 Å². The van der Waals surface area contributed by atoms with Crippen LogP contribution in [0.2, 0.25) is 0 Å². The van der Waals surface area contributed by atoms with Crippen LogP contribution in [0.5, 0.6) is 5.75 Å². The highest BCUT2D eigenvalue weighted by Crippen LogP contribution is 2.51. The van der Waals surface area contributed by atoms with Crippen LogP contribution in [0.25, 0.3) is 0 Å². The fourth-order valence-corrected chi connectivity index (χ4v) is 4.74. The van der Waals surface area contributed by atoms with Crippen LogP contribution in [0.15, 0.2) is 36.4 Å². The Morgan fingerprint density at radius 2 is 2.11 bits per heavy atom. The molecule has 1 aromatic carbocycles. The number of aliphatic hydroxyl groups is 2. The number of hydrogen-bond acceptors (Lipinski definition) is 5. The van der Waals surface area contributed by atoms with Gasteiger partial charge in [0, 0.05) is 12.5 Å². The zero-order chi connectivity index (χ0) is 19.4. The SMILES string of the molecule is O=C(O)COCCC1C[C@H]2C[C@@H](O)[C@H](C=CC(O)c3cccc(O)c3)[C@@H]2C1. The summed E-state index contributed by atoms with van der Waals surface area (Å²) in [7, 11) is 0. The van der Waals surface area contributed by atoms with Crippen LogP contribution in [-0.2, 0) is 9.53 Å². The Hall–Kier alpha value is -1.89. The van der Waals surface area contributed by atoms with E-state index < -0.39 is 18.2 Å². The van der Waals surface area contributed by atoms with E-state index in [-0.39, 0.29) is 18.3 Å². The summed E-state index contributed by atoms with van der Waals surface area (Å²) in [4.78, 5) is 10.5. The lowest BCUT2D eigenvalue weighted by Gasteiger charge is -2.19. The van der Waals surface area contributed by atoms with Crippen LogP contribution >= 0.6 is 0 Å². The molecule has 0 amide bonds. The van der Waals surface area contributed by atoms with Crippen molar-refractivity contribution in [2.75, 3.05) is 13.2 Å². The molecule has 2 aliphatic carbocycles. The Bertz CT molecular complexity index is 672. The van der Waals surface area contributed by atoms with E-state index in [0.717, 1.165) is 25.7 Å². The van der Waals surface area contributed by atoms with Crippen LogP contribution in [0.4, 0.5) is 0 Å². The molecule has 6 heteroatoms. The molecule has 148 valence electrons.